The zero-order valence-corrected chi connectivity index (χ0v) is 11.8. The summed E-state index contributed by atoms with van der Waals surface area (Å²) in [5.74, 6) is 7.90. The molecule has 2 aromatic rings. The van der Waals surface area contributed by atoms with Gasteiger partial charge in [0.15, 0.2) is 17.3 Å². The first kappa shape index (κ1) is 14.1. The first-order chi connectivity index (χ1) is 9.67. The summed E-state index contributed by atoms with van der Waals surface area (Å²) in [5.41, 5.74) is 3.39. The van der Waals surface area contributed by atoms with E-state index in [1.165, 1.54) is 6.33 Å². The molecule has 1 heterocycles. The van der Waals surface area contributed by atoms with Crippen molar-refractivity contribution in [3.05, 3.63) is 36.2 Å². The molecular formula is C14H18N4O2. The fourth-order valence-corrected chi connectivity index (χ4v) is 1.90. The molecule has 0 aliphatic heterocycles. The molecule has 2 rings (SSSR count). The normalized spacial score (nSPS) is 10.4. The summed E-state index contributed by atoms with van der Waals surface area (Å²) in [7, 11) is 1.60. The molecule has 0 unspecified atom stereocenters. The van der Waals surface area contributed by atoms with Gasteiger partial charge in [0.2, 0.25) is 5.88 Å². The molecule has 106 valence electrons. The van der Waals surface area contributed by atoms with Crippen LogP contribution in [0.2, 0.25) is 0 Å². The lowest BCUT2D eigenvalue weighted by atomic mass is 10.1. The van der Waals surface area contributed by atoms with Crippen LogP contribution in [-0.4, -0.2) is 17.1 Å². The minimum Gasteiger partial charge on any atom is -0.493 e. The fraction of sp³-hybridized carbons (Fsp3) is 0.286. The van der Waals surface area contributed by atoms with Crippen LogP contribution >= 0.6 is 0 Å². The van der Waals surface area contributed by atoms with Gasteiger partial charge in [-0.15, -0.1) is 0 Å². The molecule has 0 saturated heterocycles. The number of benzene rings is 1. The molecule has 6 nitrogen and oxygen atoms in total. The Bertz CT molecular complexity index is 587. The number of methoxy groups -OCH3 is 1. The highest BCUT2D eigenvalue weighted by Crippen LogP contribution is 2.35. The van der Waals surface area contributed by atoms with Crippen molar-refractivity contribution < 1.29 is 9.47 Å². The zero-order valence-electron chi connectivity index (χ0n) is 11.8. The molecule has 0 amide bonds. The monoisotopic (exact) mass is 274 g/mol. The maximum atomic E-state index is 5.86. The van der Waals surface area contributed by atoms with Crippen LogP contribution in [0.5, 0.6) is 17.4 Å². The molecule has 1 aromatic carbocycles. The molecule has 20 heavy (non-hydrogen) atoms. The second-order valence-corrected chi connectivity index (χ2v) is 4.49. The lowest BCUT2D eigenvalue weighted by molar-refractivity contribution is 0.371. The summed E-state index contributed by atoms with van der Waals surface area (Å²) in [4.78, 5) is 8.30. The van der Waals surface area contributed by atoms with Gasteiger partial charge in [-0.25, -0.2) is 15.8 Å². The molecule has 0 radical (unpaired) electrons. The van der Waals surface area contributed by atoms with E-state index in [0.29, 0.717) is 23.2 Å². The van der Waals surface area contributed by atoms with Gasteiger partial charge in [-0.05, 0) is 18.1 Å². The highest BCUT2D eigenvalue weighted by atomic mass is 16.5. The minimum absolute atomic E-state index is 0.159. The third-order valence-electron chi connectivity index (χ3n) is 2.84. The van der Waals surface area contributed by atoms with E-state index in [1.54, 1.807) is 7.11 Å². The molecular weight excluding hydrogens is 256 g/mol. The van der Waals surface area contributed by atoms with Crippen molar-refractivity contribution in [1.82, 2.24) is 9.97 Å². The lowest BCUT2D eigenvalue weighted by Gasteiger charge is -2.16. The Morgan fingerprint density at radius 2 is 1.85 bits per heavy atom. The van der Waals surface area contributed by atoms with Gasteiger partial charge in [0.1, 0.15) is 6.33 Å². The number of nitrogens with one attached hydrogen (secondary N) is 1. The average Bonchev–Trinajstić information content (AvgIpc) is 2.47. The van der Waals surface area contributed by atoms with Crippen LogP contribution in [0.15, 0.2) is 30.6 Å². The number of aromatic nitrogens is 2. The Hall–Kier alpha value is -2.34. The molecule has 0 saturated carbocycles. The number of anilines is 1. The van der Waals surface area contributed by atoms with Crippen LogP contribution in [0, 0.1) is 0 Å². The number of rotatable bonds is 5. The van der Waals surface area contributed by atoms with E-state index in [4.69, 9.17) is 15.3 Å². The number of hydrazine groups is 1. The van der Waals surface area contributed by atoms with Crippen LogP contribution < -0.4 is 20.7 Å². The largest absolute Gasteiger partial charge is 0.493 e. The van der Waals surface area contributed by atoms with Crippen molar-refractivity contribution in [3.8, 4) is 17.4 Å². The van der Waals surface area contributed by atoms with Gasteiger partial charge < -0.3 is 14.9 Å². The van der Waals surface area contributed by atoms with Gasteiger partial charge in [-0.2, -0.15) is 0 Å². The number of para-hydroxylation sites is 2. The van der Waals surface area contributed by atoms with Crippen LogP contribution in [0.1, 0.15) is 25.3 Å². The zero-order chi connectivity index (χ0) is 14.5. The molecule has 0 atom stereocenters. The minimum atomic E-state index is 0.159. The van der Waals surface area contributed by atoms with Gasteiger partial charge in [0.25, 0.3) is 0 Å². The Kier molecular flexibility index (Phi) is 4.37. The van der Waals surface area contributed by atoms with Crippen molar-refractivity contribution in [2.45, 2.75) is 19.8 Å². The first-order valence-electron chi connectivity index (χ1n) is 6.29. The number of hydrogen-bond acceptors (Lipinski definition) is 6. The maximum Gasteiger partial charge on any atom is 0.228 e. The standard InChI is InChI=1S/C14H18N4O2/c1-9(2)12-13(18-15)16-8-17-14(12)20-11-7-5-4-6-10(11)19-3/h4-9H,15H2,1-3H3,(H,16,17,18). The summed E-state index contributed by atoms with van der Waals surface area (Å²) >= 11 is 0. The quantitative estimate of drug-likeness (QED) is 0.644. The highest BCUT2D eigenvalue weighted by Gasteiger charge is 2.17. The van der Waals surface area contributed by atoms with Crippen molar-refractivity contribution in [3.63, 3.8) is 0 Å². The predicted octanol–water partition coefficient (Wildman–Crippen LogP) is 2.69. The van der Waals surface area contributed by atoms with Crippen molar-refractivity contribution in [2.24, 2.45) is 5.84 Å². The van der Waals surface area contributed by atoms with E-state index in [-0.39, 0.29) is 5.92 Å². The number of ether oxygens (including phenoxy) is 2. The van der Waals surface area contributed by atoms with E-state index < -0.39 is 0 Å². The van der Waals surface area contributed by atoms with Gasteiger partial charge >= 0.3 is 0 Å². The summed E-state index contributed by atoms with van der Waals surface area (Å²) in [6.07, 6.45) is 1.41. The van der Waals surface area contributed by atoms with E-state index >= 15 is 0 Å². The van der Waals surface area contributed by atoms with Gasteiger partial charge in [-0.1, -0.05) is 26.0 Å². The molecule has 0 fully saturated rings. The molecule has 6 heteroatoms. The van der Waals surface area contributed by atoms with Gasteiger partial charge in [0.05, 0.1) is 12.7 Å². The first-order valence-corrected chi connectivity index (χ1v) is 6.29. The second-order valence-electron chi connectivity index (χ2n) is 4.49. The fourth-order valence-electron chi connectivity index (χ4n) is 1.90. The Morgan fingerprint density at radius 1 is 1.15 bits per heavy atom. The third-order valence-corrected chi connectivity index (χ3v) is 2.84. The highest BCUT2D eigenvalue weighted by molar-refractivity contribution is 5.52. The molecule has 0 bridgehead atoms. The second kappa shape index (κ2) is 6.21. The van der Waals surface area contributed by atoms with Crippen molar-refractivity contribution in [1.29, 1.82) is 0 Å². The van der Waals surface area contributed by atoms with Crippen molar-refractivity contribution in [2.75, 3.05) is 12.5 Å². The van der Waals surface area contributed by atoms with Crippen LogP contribution in [0.3, 0.4) is 0 Å². The van der Waals surface area contributed by atoms with E-state index in [9.17, 15) is 0 Å². The summed E-state index contributed by atoms with van der Waals surface area (Å²) < 4.78 is 11.1. The number of hydrogen-bond donors (Lipinski definition) is 2. The SMILES string of the molecule is COc1ccccc1Oc1ncnc(NN)c1C(C)C. The van der Waals surface area contributed by atoms with Gasteiger partial charge in [0, 0.05) is 0 Å². The number of nitrogen functional groups attached to an aromatic ring is 1. The van der Waals surface area contributed by atoms with Gasteiger partial charge in [-0.3, -0.25) is 0 Å². The van der Waals surface area contributed by atoms with E-state index in [2.05, 4.69) is 15.4 Å². The summed E-state index contributed by atoms with van der Waals surface area (Å²) in [6, 6.07) is 7.40. The van der Waals surface area contributed by atoms with Crippen LogP contribution in [-0.2, 0) is 0 Å². The molecule has 0 aliphatic rings. The lowest BCUT2D eigenvalue weighted by Crippen LogP contribution is -2.13. The van der Waals surface area contributed by atoms with Crippen LogP contribution in [0.25, 0.3) is 0 Å². The topological polar surface area (TPSA) is 82.3 Å². The average molecular weight is 274 g/mol. The Balaban J connectivity index is 2.43. The molecule has 0 spiro atoms. The molecule has 0 aliphatic carbocycles. The predicted molar refractivity (Wildman–Crippen MR) is 77.0 cm³/mol. The number of nitrogens with two attached hydrogens (primary N) is 1. The smallest absolute Gasteiger partial charge is 0.228 e. The van der Waals surface area contributed by atoms with E-state index in [0.717, 1.165) is 5.56 Å². The molecule has 3 N–H and O–H groups in total. The summed E-state index contributed by atoms with van der Waals surface area (Å²) in [5, 5.41) is 0. The Morgan fingerprint density at radius 3 is 2.45 bits per heavy atom. The van der Waals surface area contributed by atoms with Crippen LogP contribution in [0.4, 0.5) is 5.82 Å². The summed E-state index contributed by atoms with van der Waals surface area (Å²) in [6.45, 7) is 4.04. The Labute approximate surface area is 117 Å². The molecule has 1 aromatic heterocycles. The maximum absolute atomic E-state index is 5.86. The van der Waals surface area contributed by atoms with Crippen molar-refractivity contribution >= 4 is 5.82 Å². The third kappa shape index (κ3) is 2.80. The van der Waals surface area contributed by atoms with E-state index in [1.807, 2.05) is 38.1 Å². The number of nitrogens with zero attached hydrogens (tertiary/aromatic N) is 2.